The van der Waals surface area contributed by atoms with Crippen molar-refractivity contribution in [2.24, 2.45) is 10.9 Å². The number of aryl methyl sites for hydroxylation is 1. The summed E-state index contributed by atoms with van der Waals surface area (Å²) in [6, 6.07) is 3.85. The van der Waals surface area contributed by atoms with E-state index in [1.54, 1.807) is 22.9 Å². The van der Waals surface area contributed by atoms with E-state index in [1.807, 2.05) is 0 Å². The molecule has 6 heteroatoms. The lowest BCUT2D eigenvalue weighted by Gasteiger charge is -2.32. The zero-order valence-electron chi connectivity index (χ0n) is 11.8. The molecular formula is C14H22N4O2. The van der Waals surface area contributed by atoms with E-state index in [-0.39, 0.29) is 17.0 Å². The maximum absolute atomic E-state index is 12.2. The van der Waals surface area contributed by atoms with Gasteiger partial charge in [0, 0.05) is 18.8 Å². The number of hydrogen-bond donors (Lipinski definition) is 2. The molecule has 1 atom stereocenters. The summed E-state index contributed by atoms with van der Waals surface area (Å²) < 4.78 is 1.63. The first-order valence-electron chi connectivity index (χ1n) is 7.01. The first-order valence-corrected chi connectivity index (χ1v) is 7.01. The SMILES string of the molecule is CN1CCCCC1CCn1cccc(/C(N)=N/O)c1=O. The fourth-order valence-electron chi connectivity index (χ4n) is 2.76. The van der Waals surface area contributed by atoms with E-state index in [0.29, 0.717) is 12.6 Å². The average Bonchev–Trinajstić information content (AvgIpc) is 2.47. The summed E-state index contributed by atoms with van der Waals surface area (Å²) in [5.41, 5.74) is 5.54. The van der Waals surface area contributed by atoms with Crippen molar-refractivity contribution in [2.45, 2.75) is 38.3 Å². The summed E-state index contributed by atoms with van der Waals surface area (Å²) in [5, 5.41) is 11.6. The molecule has 0 radical (unpaired) electrons. The van der Waals surface area contributed by atoms with Gasteiger partial charge in [-0.15, -0.1) is 0 Å². The number of piperidine rings is 1. The van der Waals surface area contributed by atoms with Crippen molar-refractivity contribution < 1.29 is 5.21 Å². The topological polar surface area (TPSA) is 83.8 Å². The van der Waals surface area contributed by atoms with Gasteiger partial charge < -0.3 is 20.4 Å². The van der Waals surface area contributed by atoms with Crippen molar-refractivity contribution >= 4 is 5.84 Å². The molecule has 1 fully saturated rings. The number of pyridine rings is 1. The molecule has 3 N–H and O–H groups in total. The Hall–Kier alpha value is -1.82. The van der Waals surface area contributed by atoms with Crippen LogP contribution in [0.25, 0.3) is 0 Å². The van der Waals surface area contributed by atoms with Gasteiger partial charge in [-0.1, -0.05) is 11.6 Å². The maximum Gasteiger partial charge on any atom is 0.261 e. The minimum absolute atomic E-state index is 0.140. The molecule has 110 valence electrons. The molecule has 1 unspecified atom stereocenters. The van der Waals surface area contributed by atoms with Crippen LogP contribution >= 0.6 is 0 Å². The third-order valence-corrected chi connectivity index (χ3v) is 4.03. The Morgan fingerprint density at radius 1 is 1.55 bits per heavy atom. The lowest BCUT2D eigenvalue weighted by molar-refractivity contribution is 0.170. The summed E-state index contributed by atoms with van der Waals surface area (Å²) in [6.07, 6.45) is 6.39. The normalized spacial score (nSPS) is 21.1. The molecule has 0 saturated carbocycles. The minimum atomic E-state index is -0.207. The number of amidine groups is 1. The van der Waals surface area contributed by atoms with E-state index in [9.17, 15) is 4.79 Å². The molecule has 1 aromatic rings. The number of nitrogens with two attached hydrogens (primary N) is 1. The largest absolute Gasteiger partial charge is 0.409 e. The second-order valence-corrected chi connectivity index (χ2v) is 5.32. The molecule has 1 aliphatic rings. The highest BCUT2D eigenvalue weighted by atomic mass is 16.4. The molecule has 0 aromatic carbocycles. The molecule has 1 aromatic heterocycles. The number of aromatic nitrogens is 1. The first-order chi connectivity index (χ1) is 9.63. The van der Waals surface area contributed by atoms with Crippen LogP contribution in [0, 0.1) is 0 Å². The molecule has 2 rings (SSSR count). The third kappa shape index (κ3) is 3.19. The highest BCUT2D eigenvalue weighted by Crippen LogP contribution is 2.18. The van der Waals surface area contributed by atoms with Crippen LogP contribution < -0.4 is 11.3 Å². The maximum atomic E-state index is 12.2. The molecule has 0 aliphatic carbocycles. The van der Waals surface area contributed by atoms with E-state index in [1.165, 1.54) is 19.3 Å². The van der Waals surface area contributed by atoms with Crippen LogP contribution in [0.5, 0.6) is 0 Å². The monoisotopic (exact) mass is 278 g/mol. The number of oxime groups is 1. The van der Waals surface area contributed by atoms with Crippen molar-refractivity contribution in [1.29, 1.82) is 0 Å². The molecular weight excluding hydrogens is 256 g/mol. The molecule has 0 amide bonds. The minimum Gasteiger partial charge on any atom is -0.409 e. The second kappa shape index (κ2) is 6.56. The summed E-state index contributed by atoms with van der Waals surface area (Å²) >= 11 is 0. The lowest BCUT2D eigenvalue weighted by Crippen LogP contribution is -2.38. The molecule has 0 spiro atoms. The quantitative estimate of drug-likeness (QED) is 0.369. The summed E-state index contributed by atoms with van der Waals surface area (Å²) in [6.45, 7) is 1.78. The molecule has 2 heterocycles. The number of rotatable bonds is 4. The van der Waals surface area contributed by atoms with E-state index >= 15 is 0 Å². The molecule has 1 aliphatic heterocycles. The van der Waals surface area contributed by atoms with Gasteiger partial charge in [-0.25, -0.2) is 0 Å². The van der Waals surface area contributed by atoms with E-state index < -0.39 is 0 Å². The standard InChI is InChI=1S/C14H22N4O2/c1-17-8-3-2-5-11(17)7-10-18-9-4-6-12(14(18)19)13(15)16-20/h4,6,9,11,20H,2-3,5,7-8,10H2,1H3,(H2,15,16). The van der Waals surface area contributed by atoms with Gasteiger partial charge in [-0.2, -0.15) is 0 Å². The summed E-state index contributed by atoms with van der Waals surface area (Å²) in [5.74, 6) is -0.140. The highest BCUT2D eigenvalue weighted by molar-refractivity contribution is 5.96. The molecule has 1 saturated heterocycles. The van der Waals surface area contributed by atoms with Gasteiger partial charge in [0.25, 0.3) is 5.56 Å². The van der Waals surface area contributed by atoms with Gasteiger partial charge in [0.2, 0.25) is 0 Å². The van der Waals surface area contributed by atoms with Crippen molar-refractivity contribution in [3.63, 3.8) is 0 Å². The Balaban J connectivity index is 2.08. The van der Waals surface area contributed by atoms with Crippen molar-refractivity contribution in [3.05, 3.63) is 34.2 Å². The van der Waals surface area contributed by atoms with Crippen molar-refractivity contribution in [2.75, 3.05) is 13.6 Å². The number of hydrogen-bond acceptors (Lipinski definition) is 4. The predicted molar refractivity (Wildman–Crippen MR) is 78.1 cm³/mol. The van der Waals surface area contributed by atoms with Crippen LogP contribution in [0.15, 0.2) is 28.3 Å². The third-order valence-electron chi connectivity index (χ3n) is 4.03. The van der Waals surface area contributed by atoms with E-state index in [4.69, 9.17) is 10.9 Å². The van der Waals surface area contributed by atoms with Gasteiger partial charge in [-0.3, -0.25) is 4.79 Å². The van der Waals surface area contributed by atoms with Crippen LogP contribution in [0.4, 0.5) is 0 Å². The smallest absolute Gasteiger partial charge is 0.261 e. The Labute approximate surface area is 118 Å². The van der Waals surface area contributed by atoms with Gasteiger partial charge in [0.05, 0.1) is 5.56 Å². The van der Waals surface area contributed by atoms with Gasteiger partial charge in [0.15, 0.2) is 5.84 Å². The van der Waals surface area contributed by atoms with Crippen LogP contribution in [0.2, 0.25) is 0 Å². The average molecular weight is 278 g/mol. The van der Waals surface area contributed by atoms with Gasteiger partial charge in [-0.05, 0) is 45.0 Å². The van der Waals surface area contributed by atoms with Gasteiger partial charge >= 0.3 is 0 Å². The summed E-state index contributed by atoms with van der Waals surface area (Å²) in [7, 11) is 2.14. The van der Waals surface area contributed by atoms with Crippen LogP contribution in [-0.2, 0) is 6.54 Å². The zero-order chi connectivity index (χ0) is 14.5. The van der Waals surface area contributed by atoms with E-state index in [2.05, 4.69) is 17.1 Å². The lowest BCUT2D eigenvalue weighted by atomic mass is 10.00. The molecule has 20 heavy (non-hydrogen) atoms. The van der Waals surface area contributed by atoms with E-state index in [0.717, 1.165) is 13.0 Å². The Morgan fingerprint density at radius 2 is 2.35 bits per heavy atom. The Morgan fingerprint density at radius 3 is 3.05 bits per heavy atom. The molecule has 0 bridgehead atoms. The zero-order valence-corrected chi connectivity index (χ0v) is 11.8. The fourth-order valence-corrected chi connectivity index (χ4v) is 2.76. The van der Waals surface area contributed by atoms with Crippen molar-refractivity contribution in [3.8, 4) is 0 Å². The Kier molecular flexibility index (Phi) is 4.79. The number of likely N-dealkylation sites (tertiary alicyclic amines) is 1. The highest BCUT2D eigenvalue weighted by Gasteiger charge is 2.18. The first kappa shape index (κ1) is 14.6. The summed E-state index contributed by atoms with van der Waals surface area (Å²) in [4.78, 5) is 14.6. The number of nitrogens with zero attached hydrogens (tertiary/aromatic N) is 3. The van der Waals surface area contributed by atoms with Crippen LogP contribution in [0.1, 0.15) is 31.2 Å². The Bertz CT molecular complexity index is 538. The van der Waals surface area contributed by atoms with Crippen LogP contribution in [-0.4, -0.2) is 40.1 Å². The van der Waals surface area contributed by atoms with Crippen LogP contribution in [0.3, 0.4) is 0 Å². The molecule has 6 nitrogen and oxygen atoms in total. The fraction of sp³-hybridized carbons (Fsp3) is 0.571. The predicted octanol–water partition coefficient (Wildman–Crippen LogP) is 0.817. The second-order valence-electron chi connectivity index (χ2n) is 5.32. The van der Waals surface area contributed by atoms with Gasteiger partial charge in [0.1, 0.15) is 0 Å². The van der Waals surface area contributed by atoms with Crippen molar-refractivity contribution in [1.82, 2.24) is 9.47 Å².